The average molecular weight is 469 g/mol. The Hall–Kier alpha value is -3.53. The van der Waals surface area contributed by atoms with Gasteiger partial charge in [-0.1, -0.05) is 28.2 Å². The number of anilines is 1. The maximum absolute atomic E-state index is 12.7. The number of carbonyl (C=O) groups excluding carboxylic acids is 2. The van der Waals surface area contributed by atoms with Gasteiger partial charge in [0, 0.05) is 25.3 Å². The number of hydroxylamine groups is 1. The molecule has 0 spiro atoms. The second kappa shape index (κ2) is 9.95. The molecule has 3 rings (SSSR count). The molecule has 0 saturated heterocycles. The fraction of sp³-hybridized carbons (Fsp3) is 0.167. The summed E-state index contributed by atoms with van der Waals surface area (Å²) in [6, 6.07) is 19.2. The highest BCUT2D eigenvalue weighted by atomic mass is 32.2. The number of rotatable bonds is 7. The van der Waals surface area contributed by atoms with Crippen LogP contribution >= 0.6 is 0 Å². The Labute approximate surface area is 193 Å². The molecule has 0 unspecified atom stereocenters. The highest BCUT2D eigenvalue weighted by molar-refractivity contribution is 7.89. The van der Waals surface area contributed by atoms with Crippen LogP contribution in [0.4, 0.5) is 5.69 Å². The molecule has 1 amide bonds. The van der Waals surface area contributed by atoms with E-state index in [1.54, 1.807) is 43.4 Å². The molecule has 0 bridgehead atoms. The fourth-order valence-electron chi connectivity index (χ4n) is 2.94. The van der Waals surface area contributed by atoms with Crippen molar-refractivity contribution in [3.63, 3.8) is 0 Å². The van der Waals surface area contributed by atoms with E-state index in [9.17, 15) is 18.0 Å². The minimum absolute atomic E-state index is 0.0660. The van der Waals surface area contributed by atoms with Crippen LogP contribution < -0.4 is 9.64 Å². The Bertz CT molecular complexity index is 1250. The first-order chi connectivity index (χ1) is 15.6. The Kier molecular flexibility index (Phi) is 7.27. The molecule has 8 nitrogen and oxygen atoms in total. The van der Waals surface area contributed by atoms with Gasteiger partial charge >= 0.3 is 5.97 Å². The van der Waals surface area contributed by atoms with Crippen LogP contribution in [0.1, 0.15) is 26.3 Å². The highest BCUT2D eigenvalue weighted by Crippen LogP contribution is 2.22. The summed E-state index contributed by atoms with van der Waals surface area (Å²) in [5.41, 5.74) is 2.31. The molecular weight excluding hydrogens is 444 g/mol. The lowest BCUT2D eigenvalue weighted by molar-refractivity contribution is -0.0258. The van der Waals surface area contributed by atoms with Gasteiger partial charge in [0.2, 0.25) is 0 Å². The molecule has 0 aliphatic heterocycles. The number of benzene rings is 3. The van der Waals surface area contributed by atoms with E-state index in [-0.39, 0.29) is 22.1 Å². The van der Waals surface area contributed by atoms with Crippen molar-refractivity contribution in [2.45, 2.75) is 11.8 Å². The summed E-state index contributed by atoms with van der Waals surface area (Å²) in [5, 5.41) is 0. The summed E-state index contributed by atoms with van der Waals surface area (Å²) in [7, 11) is 0.238. The minimum Gasteiger partial charge on any atom is -0.423 e. The van der Waals surface area contributed by atoms with Crippen LogP contribution in [0.15, 0.2) is 77.7 Å². The first-order valence-corrected chi connectivity index (χ1v) is 11.4. The van der Waals surface area contributed by atoms with Crippen molar-refractivity contribution in [2.75, 3.05) is 26.1 Å². The van der Waals surface area contributed by atoms with Gasteiger partial charge in [0.25, 0.3) is 15.9 Å². The number of carbonyl (C=O) groups is 2. The van der Waals surface area contributed by atoms with Gasteiger partial charge in [0.1, 0.15) is 5.75 Å². The summed E-state index contributed by atoms with van der Waals surface area (Å²) < 4.78 is 30.8. The van der Waals surface area contributed by atoms with Gasteiger partial charge in [-0.25, -0.2) is 13.2 Å². The highest BCUT2D eigenvalue weighted by Gasteiger charge is 2.22. The van der Waals surface area contributed by atoms with Gasteiger partial charge in [-0.2, -0.15) is 0 Å². The number of hydrogen-bond donors (Lipinski definition) is 0. The molecule has 0 aromatic heterocycles. The zero-order valence-corrected chi connectivity index (χ0v) is 19.5. The lowest BCUT2D eigenvalue weighted by Crippen LogP contribution is -2.26. The summed E-state index contributed by atoms with van der Waals surface area (Å²) >= 11 is 0. The van der Waals surface area contributed by atoms with Crippen molar-refractivity contribution in [3.8, 4) is 5.75 Å². The molecule has 0 atom stereocenters. The summed E-state index contributed by atoms with van der Waals surface area (Å²) in [4.78, 5) is 31.4. The molecule has 3 aromatic carbocycles. The van der Waals surface area contributed by atoms with Gasteiger partial charge in [-0.3, -0.25) is 9.63 Å². The molecule has 0 N–H and O–H groups in total. The zero-order valence-electron chi connectivity index (χ0n) is 18.7. The predicted molar refractivity (Wildman–Crippen MR) is 124 cm³/mol. The fourth-order valence-corrected chi connectivity index (χ4v) is 3.96. The van der Waals surface area contributed by atoms with Gasteiger partial charge < -0.3 is 9.64 Å². The average Bonchev–Trinajstić information content (AvgIpc) is 2.83. The lowest BCUT2D eigenvalue weighted by atomic mass is 10.1. The van der Waals surface area contributed by atoms with E-state index in [4.69, 9.17) is 9.57 Å². The van der Waals surface area contributed by atoms with Gasteiger partial charge in [-0.05, 0) is 61.5 Å². The van der Waals surface area contributed by atoms with Crippen molar-refractivity contribution in [3.05, 3.63) is 89.5 Å². The normalized spacial score (nSPS) is 11.3. The van der Waals surface area contributed by atoms with Crippen LogP contribution in [0.3, 0.4) is 0 Å². The van der Waals surface area contributed by atoms with Gasteiger partial charge in [0.15, 0.2) is 0 Å². The monoisotopic (exact) mass is 468 g/mol. The molecule has 172 valence electrons. The van der Waals surface area contributed by atoms with Crippen LogP contribution in [0.25, 0.3) is 0 Å². The number of ether oxygens (including phenoxy) is 1. The second-order valence-electron chi connectivity index (χ2n) is 7.24. The molecule has 0 fully saturated rings. The van der Waals surface area contributed by atoms with Crippen molar-refractivity contribution in [1.29, 1.82) is 0 Å². The van der Waals surface area contributed by atoms with Crippen LogP contribution in [0.2, 0.25) is 0 Å². The van der Waals surface area contributed by atoms with E-state index >= 15 is 0 Å². The molecule has 0 aliphatic carbocycles. The van der Waals surface area contributed by atoms with Crippen LogP contribution in [0, 0.1) is 6.92 Å². The van der Waals surface area contributed by atoms with E-state index in [1.807, 2.05) is 19.1 Å². The van der Waals surface area contributed by atoms with Crippen molar-refractivity contribution < 1.29 is 27.6 Å². The first-order valence-electron chi connectivity index (χ1n) is 9.93. The lowest BCUT2D eigenvalue weighted by Gasteiger charge is -2.18. The first kappa shape index (κ1) is 24.1. The Morgan fingerprint density at radius 1 is 0.848 bits per heavy atom. The smallest absolute Gasteiger partial charge is 0.343 e. The molecular formula is C24H24N2O6S. The van der Waals surface area contributed by atoms with E-state index < -0.39 is 16.0 Å². The number of hydrogen-bond acceptors (Lipinski definition) is 6. The van der Waals surface area contributed by atoms with E-state index in [0.717, 1.165) is 5.56 Å². The third-order valence-electron chi connectivity index (χ3n) is 5.00. The maximum atomic E-state index is 12.7. The zero-order chi connectivity index (χ0) is 24.2. The summed E-state index contributed by atoms with van der Waals surface area (Å²) in [6.07, 6.45) is 0. The summed E-state index contributed by atoms with van der Waals surface area (Å²) in [5.74, 6) is -0.634. The number of nitrogens with zero attached hydrogens (tertiary/aromatic N) is 2. The second-order valence-corrected chi connectivity index (χ2v) is 9.17. The topological polar surface area (TPSA) is 93.2 Å². The molecule has 9 heteroatoms. The molecule has 3 aromatic rings. The van der Waals surface area contributed by atoms with Gasteiger partial charge in [0.05, 0.1) is 17.6 Å². The van der Waals surface area contributed by atoms with Crippen LogP contribution in [0.5, 0.6) is 5.75 Å². The SMILES string of the molecule is CON(C)S(=O)(=O)c1cccc(C(=O)Oc2ccc(N(C)C(=O)c3ccc(C)cc3)cc2)c1. The Morgan fingerprint density at radius 2 is 1.48 bits per heavy atom. The largest absolute Gasteiger partial charge is 0.423 e. The van der Waals surface area contributed by atoms with E-state index in [2.05, 4.69) is 0 Å². The van der Waals surface area contributed by atoms with Crippen molar-refractivity contribution in [2.24, 2.45) is 0 Å². The number of aryl methyl sites for hydroxylation is 1. The molecule has 0 radical (unpaired) electrons. The number of sulfonamides is 1. The standard InChI is InChI=1S/C24H24N2O6S/c1-17-8-10-18(11-9-17)23(27)25(2)20-12-14-21(15-13-20)32-24(28)19-6-5-7-22(16-19)33(29,30)26(3)31-4/h5-16H,1-4H3. The molecule has 0 saturated carbocycles. The van der Waals surface area contributed by atoms with Crippen LogP contribution in [-0.2, 0) is 14.9 Å². The predicted octanol–water partition coefficient (Wildman–Crippen LogP) is 3.67. The molecule has 0 heterocycles. The maximum Gasteiger partial charge on any atom is 0.343 e. The van der Waals surface area contributed by atoms with Crippen molar-refractivity contribution >= 4 is 27.6 Å². The molecule has 33 heavy (non-hydrogen) atoms. The Balaban J connectivity index is 1.72. The van der Waals surface area contributed by atoms with Crippen molar-refractivity contribution in [1.82, 2.24) is 4.47 Å². The van der Waals surface area contributed by atoms with Crippen LogP contribution in [-0.4, -0.2) is 46.0 Å². The summed E-state index contributed by atoms with van der Waals surface area (Å²) in [6.45, 7) is 1.95. The third-order valence-corrected chi connectivity index (χ3v) is 6.68. The number of esters is 1. The molecule has 0 aliphatic rings. The Morgan fingerprint density at radius 3 is 2.09 bits per heavy atom. The quantitative estimate of drug-likeness (QED) is 0.298. The third kappa shape index (κ3) is 5.46. The minimum atomic E-state index is -3.90. The number of amides is 1. The van der Waals surface area contributed by atoms with E-state index in [0.29, 0.717) is 15.7 Å². The van der Waals surface area contributed by atoms with E-state index in [1.165, 1.54) is 43.3 Å². The van der Waals surface area contributed by atoms with Gasteiger partial charge in [-0.15, -0.1) is 0 Å².